The second-order valence-electron chi connectivity index (χ2n) is 2.59. The molecule has 0 aliphatic heterocycles. The molecule has 0 amide bonds. The second-order valence-corrected chi connectivity index (χ2v) is 2.59. The SMILES string of the molecule is COC1(F)C=CC=CC1B(O)O. The summed E-state index contributed by atoms with van der Waals surface area (Å²) < 4.78 is 18.1. The van der Waals surface area contributed by atoms with Crippen molar-refractivity contribution >= 4 is 7.12 Å². The summed E-state index contributed by atoms with van der Waals surface area (Å²) in [5.41, 5.74) is 0. The van der Waals surface area contributed by atoms with Gasteiger partial charge in [-0.2, -0.15) is 0 Å². The molecule has 12 heavy (non-hydrogen) atoms. The van der Waals surface area contributed by atoms with E-state index in [-0.39, 0.29) is 0 Å². The minimum Gasteiger partial charge on any atom is -0.427 e. The van der Waals surface area contributed by atoms with Crippen molar-refractivity contribution in [3.63, 3.8) is 0 Å². The van der Waals surface area contributed by atoms with E-state index in [2.05, 4.69) is 4.74 Å². The lowest BCUT2D eigenvalue weighted by molar-refractivity contribution is -0.0811. The largest absolute Gasteiger partial charge is 0.465 e. The van der Waals surface area contributed by atoms with Crippen LogP contribution in [0.2, 0.25) is 5.82 Å². The maximum absolute atomic E-state index is 13.5. The molecule has 2 unspecified atom stereocenters. The van der Waals surface area contributed by atoms with Crippen LogP contribution in [0.4, 0.5) is 4.39 Å². The number of rotatable bonds is 2. The molecule has 3 nitrogen and oxygen atoms in total. The zero-order chi connectivity index (χ0) is 9.19. The van der Waals surface area contributed by atoms with Gasteiger partial charge in [-0.15, -0.1) is 0 Å². The highest BCUT2D eigenvalue weighted by atomic mass is 19.2. The zero-order valence-corrected chi connectivity index (χ0v) is 6.64. The van der Waals surface area contributed by atoms with Gasteiger partial charge in [-0.3, -0.25) is 0 Å². The topological polar surface area (TPSA) is 49.7 Å². The molecule has 1 rings (SSSR count). The summed E-state index contributed by atoms with van der Waals surface area (Å²) in [5, 5.41) is 17.6. The first-order valence-corrected chi connectivity index (χ1v) is 3.56. The molecule has 0 fully saturated rings. The zero-order valence-electron chi connectivity index (χ0n) is 6.64. The summed E-state index contributed by atoms with van der Waals surface area (Å²) in [7, 11) is -0.574. The number of allylic oxidation sites excluding steroid dienone is 2. The van der Waals surface area contributed by atoms with Crippen LogP contribution in [-0.4, -0.2) is 30.1 Å². The minimum atomic E-state index is -2.11. The molecule has 2 N–H and O–H groups in total. The van der Waals surface area contributed by atoms with Gasteiger partial charge in [0.25, 0.3) is 0 Å². The Balaban J connectivity index is 2.84. The number of hydrogen-bond acceptors (Lipinski definition) is 3. The van der Waals surface area contributed by atoms with Crippen LogP contribution in [-0.2, 0) is 4.74 Å². The maximum atomic E-state index is 13.5. The first-order chi connectivity index (χ1) is 5.60. The van der Waals surface area contributed by atoms with E-state index >= 15 is 0 Å². The van der Waals surface area contributed by atoms with Crippen LogP contribution < -0.4 is 0 Å². The summed E-state index contributed by atoms with van der Waals surface area (Å²) in [6, 6.07) is 0. The Morgan fingerprint density at radius 3 is 2.58 bits per heavy atom. The monoisotopic (exact) mass is 172 g/mol. The van der Waals surface area contributed by atoms with Gasteiger partial charge in [0.1, 0.15) is 0 Å². The summed E-state index contributed by atoms with van der Waals surface area (Å²) in [5.74, 6) is -3.17. The van der Waals surface area contributed by atoms with E-state index in [0.29, 0.717) is 0 Å². The second kappa shape index (κ2) is 3.39. The van der Waals surface area contributed by atoms with Gasteiger partial charge in [0.2, 0.25) is 5.85 Å². The number of alkyl halides is 1. The van der Waals surface area contributed by atoms with Crippen LogP contribution in [0.3, 0.4) is 0 Å². The van der Waals surface area contributed by atoms with Gasteiger partial charge in [0.15, 0.2) is 0 Å². The molecule has 5 heteroatoms. The van der Waals surface area contributed by atoms with Crippen molar-refractivity contribution in [2.24, 2.45) is 0 Å². The molecule has 1 aliphatic rings. The first kappa shape index (κ1) is 9.44. The van der Waals surface area contributed by atoms with E-state index in [1.165, 1.54) is 19.3 Å². The van der Waals surface area contributed by atoms with Gasteiger partial charge >= 0.3 is 7.12 Å². The summed E-state index contributed by atoms with van der Waals surface area (Å²) >= 11 is 0. The Kier molecular flexibility index (Phi) is 2.67. The highest BCUT2D eigenvalue weighted by Gasteiger charge is 2.43. The Labute approximate surface area is 70.3 Å². The van der Waals surface area contributed by atoms with Crippen LogP contribution >= 0.6 is 0 Å². The van der Waals surface area contributed by atoms with Crippen LogP contribution in [0.25, 0.3) is 0 Å². The van der Waals surface area contributed by atoms with Crippen LogP contribution in [0, 0.1) is 0 Å². The Hall–Kier alpha value is -0.645. The van der Waals surface area contributed by atoms with E-state index in [1.807, 2.05) is 0 Å². The summed E-state index contributed by atoms with van der Waals surface area (Å²) in [4.78, 5) is 0. The van der Waals surface area contributed by atoms with Crippen molar-refractivity contribution in [1.29, 1.82) is 0 Å². The van der Waals surface area contributed by atoms with Gasteiger partial charge in [-0.1, -0.05) is 18.2 Å². The van der Waals surface area contributed by atoms with E-state index in [1.54, 1.807) is 6.08 Å². The third-order valence-corrected chi connectivity index (χ3v) is 1.84. The molecule has 0 heterocycles. The lowest BCUT2D eigenvalue weighted by Crippen LogP contribution is -2.38. The predicted octanol–water partition coefficient (Wildman–Crippen LogP) is 0.268. The van der Waals surface area contributed by atoms with Gasteiger partial charge in [0.05, 0.1) is 5.82 Å². The van der Waals surface area contributed by atoms with Crippen molar-refractivity contribution < 1.29 is 19.2 Å². The quantitative estimate of drug-likeness (QED) is 0.587. The molecule has 0 saturated carbocycles. The van der Waals surface area contributed by atoms with Crippen molar-refractivity contribution in [3.05, 3.63) is 24.3 Å². The van der Waals surface area contributed by atoms with E-state index in [0.717, 1.165) is 6.08 Å². The maximum Gasteiger partial charge on any atom is 0.465 e. The summed E-state index contributed by atoms with van der Waals surface area (Å²) in [6.07, 6.45) is 5.51. The predicted molar refractivity (Wildman–Crippen MR) is 43.1 cm³/mol. The number of hydrogen-bond donors (Lipinski definition) is 2. The average molecular weight is 172 g/mol. The fourth-order valence-corrected chi connectivity index (χ4v) is 1.12. The van der Waals surface area contributed by atoms with Crippen molar-refractivity contribution in [2.45, 2.75) is 11.7 Å². The molecule has 66 valence electrons. The molecule has 0 aromatic carbocycles. The molecular weight excluding hydrogens is 162 g/mol. The standard InChI is InChI=1S/C7H10BFO3/c1-12-7(9)5-3-2-4-6(7)8(10)11/h2-6,10-11H,1H3. The molecule has 0 spiro atoms. The average Bonchev–Trinajstić information content (AvgIpc) is 2.05. The normalized spacial score (nSPS) is 33.8. The third-order valence-electron chi connectivity index (χ3n) is 1.84. The van der Waals surface area contributed by atoms with Gasteiger partial charge < -0.3 is 14.8 Å². The van der Waals surface area contributed by atoms with Crippen LogP contribution in [0.15, 0.2) is 24.3 Å². The molecule has 0 aromatic rings. The third kappa shape index (κ3) is 1.58. The van der Waals surface area contributed by atoms with Crippen molar-refractivity contribution in [3.8, 4) is 0 Å². The van der Waals surface area contributed by atoms with Gasteiger partial charge in [-0.25, -0.2) is 4.39 Å². The van der Waals surface area contributed by atoms with Crippen molar-refractivity contribution in [1.82, 2.24) is 0 Å². The lowest BCUT2D eigenvalue weighted by atomic mass is 9.67. The van der Waals surface area contributed by atoms with E-state index in [4.69, 9.17) is 10.0 Å². The fourth-order valence-electron chi connectivity index (χ4n) is 1.12. The number of ether oxygens (including phenoxy) is 1. The smallest absolute Gasteiger partial charge is 0.427 e. The van der Waals surface area contributed by atoms with E-state index in [9.17, 15) is 4.39 Å². The molecule has 2 atom stereocenters. The van der Waals surface area contributed by atoms with Crippen LogP contribution in [0.1, 0.15) is 0 Å². The Bertz CT molecular complexity index is 217. The molecule has 1 aliphatic carbocycles. The summed E-state index contributed by atoms with van der Waals surface area (Å²) in [6.45, 7) is 0. The highest BCUT2D eigenvalue weighted by molar-refractivity contribution is 6.44. The van der Waals surface area contributed by atoms with Gasteiger partial charge in [-0.05, 0) is 6.08 Å². The Morgan fingerprint density at radius 1 is 1.50 bits per heavy atom. The number of halogens is 1. The minimum absolute atomic E-state index is 1.06. The lowest BCUT2D eigenvalue weighted by Gasteiger charge is -2.28. The van der Waals surface area contributed by atoms with Gasteiger partial charge in [0, 0.05) is 7.11 Å². The molecular formula is C7H10BFO3. The molecule has 0 aromatic heterocycles. The molecule has 0 bridgehead atoms. The van der Waals surface area contributed by atoms with Crippen molar-refractivity contribution in [2.75, 3.05) is 7.11 Å². The van der Waals surface area contributed by atoms with E-state index < -0.39 is 18.8 Å². The molecule has 0 saturated heterocycles. The molecule has 0 radical (unpaired) electrons. The fraction of sp³-hybridized carbons (Fsp3) is 0.429. The Morgan fingerprint density at radius 2 is 2.17 bits per heavy atom. The highest BCUT2D eigenvalue weighted by Crippen LogP contribution is 2.34. The van der Waals surface area contributed by atoms with Crippen LogP contribution in [0.5, 0.6) is 0 Å². The first-order valence-electron chi connectivity index (χ1n) is 3.56. The number of methoxy groups -OCH3 is 1.